The molecular formula is C26H33ClFN5O3. The van der Waals surface area contributed by atoms with E-state index in [4.69, 9.17) is 17.3 Å². The molecule has 1 aromatic carbocycles. The van der Waals surface area contributed by atoms with Crippen molar-refractivity contribution in [2.24, 2.45) is 29.6 Å². The number of nitrogens with one attached hydrogen (secondary N) is 1. The van der Waals surface area contributed by atoms with E-state index in [1.165, 1.54) is 18.2 Å². The highest BCUT2D eigenvalue weighted by molar-refractivity contribution is 6.31. The molecule has 2 unspecified atom stereocenters. The van der Waals surface area contributed by atoms with Gasteiger partial charge in [-0.25, -0.2) is 9.37 Å². The topological polar surface area (TPSA) is 126 Å². The second-order valence-corrected chi connectivity index (χ2v) is 11.0. The van der Waals surface area contributed by atoms with Gasteiger partial charge in [-0.2, -0.15) is 0 Å². The minimum Gasteiger partial charge on any atom is -0.399 e. The van der Waals surface area contributed by atoms with Gasteiger partial charge in [0.1, 0.15) is 11.5 Å². The zero-order chi connectivity index (χ0) is 26.4. The van der Waals surface area contributed by atoms with E-state index in [-0.39, 0.29) is 34.4 Å². The number of rotatable bonds is 6. The predicted octanol–water partition coefficient (Wildman–Crippen LogP) is 3.78. The number of hydrogen-bond donors (Lipinski definition) is 4. The minimum atomic E-state index is -1.28. The van der Waals surface area contributed by atoms with Crippen molar-refractivity contribution < 1.29 is 19.4 Å². The van der Waals surface area contributed by atoms with E-state index in [2.05, 4.69) is 15.3 Å². The molecule has 10 heteroatoms. The maximum absolute atomic E-state index is 13.5. The normalized spacial score (nSPS) is 26.8. The minimum absolute atomic E-state index is 0.0576. The van der Waals surface area contributed by atoms with Crippen molar-refractivity contribution in [2.45, 2.75) is 56.7 Å². The number of aliphatic imine (C=N–C) groups is 1. The lowest BCUT2D eigenvalue weighted by atomic mass is 9.83. The third kappa shape index (κ3) is 4.92. The van der Waals surface area contributed by atoms with Gasteiger partial charge in [0, 0.05) is 43.2 Å². The number of amides is 1. The number of carbonyl (C=O) groups is 1. The highest BCUT2D eigenvalue weighted by Crippen LogP contribution is 2.55. The Balaban J connectivity index is 1.53. The van der Waals surface area contributed by atoms with Crippen LogP contribution in [0.25, 0.3) is 0 Å². The smallest absolute Gasteiger partial charge is 0.274 e. The highest BCUT2D eigenvalue weighted by Gasteiger charge is 2.52. The van der Waals surface area contributed by atoms with Crippen LogP contribution in [0, 0.1) is 17.7 Å². The lowest BCUT2D eigenvalue weighted by Crippen LogP contribution is -2.38. The molecule has 1 amide bonds. The average Bonchev–Trinajstić information content (AvgIpc) is 3.44. The monoisotopic (exact) mass is 517 g/mol. The number of imidazole rings is 1. The molecule has 2 aliphatic carbocycles. The number of halogens is 2. The Kier molecular flexibility index (Phi) is 7.02. The van der Waals surface area contributed by atoms with E-state index in [0.717, 1.165) is 12.8 Å². The van der Waals surface area contributed by atoms with Gasteiger partial charge < -0.3 is 25.8 Å². The molecule has 0 radical (unpaired) electrons. The Hall–Kier alpha value is -2.75. The van der Waals surface area contributed by atoms with Crippen LogP contribution in [0.2, 0.25) is 5.02 Å². The first-order chi connectivity index (χ1) is 16.8. The lowest BCUT2D eigenvalue weighted by molar-refractivity contribution is 0.0709. The fraction of sp³-hybridized carbons (Fsp3) is 0.500. The van der Waals surface area contributed by atoms with E-state index < -0.39 is 17.0 Å². The second kappa shape index (κ2) is 9.61. The number of nitrogens with zero attached hydrogens (tertiary/aromatic N) is 3. The van der Waals surface area contributed by atoms with Crippen LogP contribution in [0.3, 0.4) is 0 Å². The molecule has 2 aromatic rings. The number of anilines is 1. The van der Waals surface area contributed by atoms with Gasteiger partial charge >= 0.3 is 0 Å². The Labute approximate surface area is 215 Å². The standard InChI is InChI=1S/C26H33ClFN5O3/c1-25(2,35)23(29)18(12-30-3)26(36)10-15-7-14(8-16(15)11-26)21-22(33(4)13-31-21)24(34)32-17-5-6-20(28)19(27)9-17/h5-6,9,12-16,35-36H,7-8,10-11,29H2,1-4H3,(H,32,34)/b23-18+,30-12?. The molecule has 1 aromatic heterocycles. The first kappa shape index (κ1) is 26.3. The van der Waals surface area contributed by atoms with Crippen LogP contribution < -0.4 is 11.1 Å². The van der Waals surface area contributed by atoms with Gasteiger partial charge in [-0.1, -0.05) is 11.6 Å². The van der Waals surface area contributed by atoms with Gasteiger partial charge in [0.25, 0.3) is 5.91 Å². The van der Waals surface area contributed by atoms with Crippen LogP contribution in [0.15, 0.2) is 40.8 Å². The zero-order valence-electron chi connectivity index (χ0n) is 20.9. The average molecular weight is 518 g/mol. The molecule has 0 bridgehead atoms. The molecule has 36 heavy (non-hydrogen) atoms. The summed E-state index contributed by atoms with van der Waals surface area (Å²) < 4.78 is 15.2. The molecule has 194 valence electrons. The fourth-order valence-electron chi connectivity index (χ4n) is 5.79. The molecule has 2 aliphatic rings. The number of aliphatic hydroxyl groups is 2. The molecular weight excluding hydrogens is 485 g/mol. The van der Waals surface area contributed by atoms with Crippen LogP contribution >= 0.6 is 11.6 Å². The number of nitrogens with two attached hydrogens (primary N) is 1. The van der Waals surface area contributed by atoms with Crippen molar-refractivity contribution in [3.05, 3.63) is 58.0 Å². The molecule has 2 atom stereocenters. The van der Waals surface area contributed by atoms with E-state index >= 15 is 0 Å². The number of aromatic nitrogens is 2. The van der Waals surface area contributed by atoms with Gasteiger partial charge in [-0.05, 0) is 69.6 Å². The number of benzene rings is 1. The summed E-state index contributed by atoms with van der Waals surface area (Å²) in [5, 5.41) is 24.7. The van der Waals surface area contributed by atoms with E-state index in [0.29, 0.717) is 35.5 Å². The Morgan fingerprint density at radius 2 is 2.00 bits per heavy atom. The summed E-state index contributed by atoms with van der Waals surface area (Å²) in [4.78, 5) is 21.8. The molecule has 0 spiro atoms. The summed E-state index contributed by atoms with van der Waals surface area (Å²) in [5.41, 5.74) is 6.04. The molecule has 1 heterocycles. The van der Waals surface area contributed by atoms with E-state index in [1.807, 2.05) is 0 Å². The molecule has 2 fully saturated rings. The summed E-state index contributed by atoms with van der Waals surface area (Å²) in [6.45, 7) is 3.18. The van der Waals surface area contributed by atoms with Crippen LogP contribution in [0.5, 0.6) is 0 Å². The Morgan fingerprint density at radius 3 is 2.56 bits per heavy atom. The van der Waals surface area contributed by atoms with Crippen LogP contribution in [-0.4, -0.2) is 50.1 Å². The molecule has 0 saturated heterocycles. The van der Waals surface area contributed by atoms with Crippen molar-refractivity contribution in [1.82, 2.24) is 9.55 Å². The van der Waals surface area contributed by atoms with Gasteiger partial charge in [-0.3, -0.25) is 9.79 Å². The second-order valence-electron chi connectivity index (χ2n) is 10.6. The zero-order valence-corrected chi connectivity index (χ0v) is 21.7. The molecule has 0 aliphatic heterocycles. The first-order valence-electron chi connectivity index (χ1n) is 12.0. The third-order valence-corrected chi connectivity index (χ3v) is 7.78. The quantitative estimate of drug-likeness (QED) is 0.434. The Morgan fingerprint density at radius 1 is 1.36 bits per heavy atom. The number of carbonyl (C=O) groups excluding carboxylic acids is 1. The fourth-order valence-corrected chi connectivity index (χ4v) is 5.97. The molecule has 5 N–H and O–H groups in total. The maximum Gasteiger partial charge on any atom is 0.274 e. The Bertz CT molecular complexity index is 1220. The van der Waals surface area contributed by atoms with Gasteiger partial charge in [-0.15, -0.1) is 0 Å². The number of aryl methyl sites for hydroxylation is 1. The summed E-state index contributed by atoms with van der Waals surface area (Å²) in [7, 11) is 3.37. The maximum atomic E-state index is 13.5. The van der Waals surface area contributed by atoms with Crippen molar-refractivity contribution in [3.63, 3.8) is 0 Å². The number of fused-ring (bicyclic) bond motifs is 1. The van der Waals surface area contributed by atoms with Crippen LogP contribution in [0.1, 0.15) is 61.6 Å². The van der Waals surface area contributed by atoms with E-state index in [1.54, 1.807) is 45.1 Å². The van der Waals surface area contributed by atoms with Crippen molar-refractivity contribution in [3.8, 4) is 0 Å². The van der Waals surface area contributed by atoms with E-state index in [9.17, 15) is 19.4 Å². The van der Waals surface area contributed by atoms with Crippen LogP contribution in [0.4, 0.5) is 10.1 Å². The predicted molar refractivity (Wildman–Crippen MR) is 138 cm³/mol. The summed E-state index contributed by atoms with van der Waals surface area (Å²) in [5.74, 6) is -0.418. The SMILES string of the molecule is CN=C/C(=C(\N)C(C)(C)O)C1(O)CC2CC(c3ncn(C)c3C(=O)Nc3ccc(F)c(Cl)c3)CC2C1. The summed E-state index contributed by atoms with van der Waals surface area (Å²) in [6.07, 6.45) is 5.70. The molecule has 2 saturated carbocycles. The van der Waals surface area contributed by atoms with Crippen LogP contribution in [-0.2, 0) is 7.05 Å². The van der Waals surface area contributed by atoms with Crippen molar-refractivity contribution in [1.29, 1.82) is 0 Å². The molecule has 8 nitrogen and oxygen atoms in total. The van der Waals surface area contributed by atoms with Gasteiger partial charge in [0.15, 0.2) is 0 Å². The first-order valence-corrected chi connectivity index (χ1v) is 12.4. The lowest BCUT2D eigenvalue weighted by Gasteiger charge is -2.31. The number of hydrogen-bond acceptors (Lipinski definition) is 6. The van der Waals surface area contributed by atoms with Gasteiger partial charge in [0.2, 0.25) is 0 Å². The highest BCUT2D eigenvalue weighted by atomic mass is 35.5. The third-order valence-electron chi connectivity index (χ3n) is 7.49. The summed E-state index contributed by atoms with van der Waals surface area (Å²) in [6, 6.07) is 4.04. The largest absolute Gasteiger partial charge is 0.399 e. The molecule has 4 rings (SSSR count). The van der Waals surface area contributed by atoms with Crippen molar-refractivity contribution >= 4 is 29.4 Å². The van der Waals surface area contributed by atoms with Crippen molar-refractivity contribution in [2.75, 3.05) is 12.4 Å². The summed E-state index contributed by atoms with van der Waals surface area (Å²) >= 11 is 5.85. The van der Waals surface area contributed by atoms with Gasteiger partial charge in [0.05, 0.1) is 28.2 Å².